The third kappa shape index (κ3) is 6.12. The van der Waals surface area contributed by atoms with Crippen molar-refractivity contribution in [2.75, 3.05) is 6.54 Å². The summed E-state index contributed by atoms with van der Waals surface area (Å²) >= 11 is 0. The van der Waals surface area contributed by atoms with Crippen molar-refractivity contribution in [2.45, 2.75) is 50.7 Å². The number of hydrogen-bond acceptors (Lipinski definition) is 4. The molecule has 0 spiro atoms. The number of ketones is 1. The number of Topliss-reactive ketones (excluding diaryl/α,β-unsaturated/α-hetero) is 1. The monoisotopic (exact) mass is 444 g/mol. The Hall–Kier alpha value is -3.29. The first kappa shape index (κ1) is 23.4. The van der Waals surface area contributed by atoms with E-state index < -0.39 is 23.5 Å². The number of benzene rings is 2. The van der Waals surface area contributed by atoms with E-state index in [0.29, 0.717) is 11.1 Å². The standard InChI is InChI=1S/C24H26F2N2O4/c1-17(29)19-7-9-20(10-8-19)23(11-13-24(25,26)14-12-23)28-21(30)15-27-22(31)32-16-18-5-3-2-4-6-18/h2-10H,11-16H2,1H3,(H,27,31)(H,28,30). The molecule has 2 N–H and O–H groups in total. The van der Waals surface area contributed by atoms with Gasteiger partial charge in [-0.2, -0.15) is 0 Å². The van der Waals surface area contributed by atoms with E-state index in [9.17, 15) is 23.2 Å². The molecule has 1 aliphatic rings. The summed E-state index contributed by atoms with van der Waals surface area (Å²) < 4.78 is 32.7. The van der Waals surface area contributed by atoms with Crippen molar-refractivity contribution in [2.24, 2.45) is 0 Å². The molecule has 0 aromatic heterocycles. The lowest BCUT2D eigenvalue weighted by molar-refractivity contribution is -0.124. The Morgan fingerprint density at radius 1 is 0.938 bits per heavy atom. The summed E-state index contributed by atoms with van der Waals surface area (Å²) in [5.74, 6) is -3.40. The predicted molar refractivity (Wildman–Crippen MR) is 114 cm³/mol. The highest BCUT2D eigenvalue weighted by molar-refractivity contribution is 5.94. The van der Waals surface area contributed by atoms with E-state index >= 15 is 0 Å². The SMILES string of the molecule is CC(=O)c1ccc(C2(NC(=O)CNC(=O)OCc3ccccc3)CCC(F)(F)CC2)cc1. The van der Waals surface area contributed by atoms with Crippen molar-refractivity contribution in [3.8, 4) is 0 Å². The van der Waals surface area contributed by atoms with Crippen LogP contribution >= 0.6 is 0 Å². The number of hydrogen-bond donors (Lipinski definition) is 2. The van der Waals surface area contributed by atoms with E-state index in [4.69, 9.17) is 4.74 Å². The Kier molecular flexibility index (Phi) is 7.22. The molecule has 2 aromatic rings. The minimum atomic E-state index is -2.78. The molecule has 0 unspecified atom stereocenters. The summed E-state index contributed by atoms with van der Waals surface area (Å²) in [4.78, 5) is 36.0. The Bertz CT molecular complexity index is 952. The second kappa shape index (κ2) is 9.89. The number of alkyl halides is 2. The normalized spacial score (nSPS) is 16.6. The molecule has 8 heteroatoms. The van der Waals surface area contributed by atoms with Gasteiger partial charge in [0.05, 0.1) is 5.54 Å². The molecule has 0 bridgehead atoms. The van der Waals surface area contributed by atoms with Gasteiger partial charge in [-0.15, -0.1) is 0 Å². The zero-order valence-electron chi connectivity index (χ0n) is 17.8. The van der Waals surface area contributed by atoms with E-state index in [0.717, 1.165) is 5.56 Å². The van der Waals surface area contributed by atoms with Crippen molar-refractivity contribution in [1.29, 1.82) is 0 Å². The van der Waals surface area contributed by atoms with Crippen LogP contribution in [0, 0.1) is 0 Å². The highest BCUT2D eigenvalue weighted by Gasteiger charge is 2.45. The maximum absolute atomic E-state index is 13.8. The molecule has 32 heavy (non-hydrogen) atoms. The molecular weight excluding hydrogens is 418 g/mol. The average Bonchev–Trinajstić information content (AvgIpc) is 2.79. The van der Waals surface area contributed by atoms with E-state index in [-0.39, 0.29) is 44.6 Å². The largest absolute Gasteiger partial charge is 0.445 e. The summed E-state index contributed by atoms with van der Waals surface area (Å²) in [5, 5.41) is 5.22. The first-order valence-electron chi connectivity index (χ1n) is 10.4. The topological polar surface area (TPSA) is 84.5 Å². The molecule has 1 fully saturated rings. The zero-order chi connectivity index (χ0) is 23.2. The lowest BCUT2D eigenvalue weighted by Crippen LogP contribution is -2.52. The van der Waals surface area contributed by atoms with Gasteiger partial charge in [-0.05, 0) is 30.9 Å². The van der Waals surface area contributed by atoms with Gasteiger partial charge in [-0.25, -0.2) is 13.6 Å². The molecule has 0 saturated heterocycles. The first-order valence-corrected chi connectivity index (χ1v) is 10.4. The van der Waals surface area contributed by atoms with E-state index in [1.165, 1.54) is 6.92 Å². The lowest BCUT2D eigenvalue weighted by atomic mass is 9.75. The Morgan fingerprint density at radius 3 is 2.16 bits per heavy atom. The minimum absolute atomic E-state index is 0.0452. The summed E-state index contributed by atoms with van der Waals surface area (Å²) in [5.41, 5.74) is 0.962. The number of alkyl carbamates (subject to hydrolysis) is 1. The molecule has 0 heterocycles. The van der Waals surface area contributed by atoms with E-state index in [1.807, 2.05) is 18.2 Å². The summed E-state index contributed by atoms with van der Waals surface area (Å²) in [6.07, 6.45) is -1.39. The quantitative estimate of drug-likeness (QED) is 0.623. The molecule has 2 amide bonds. The maximum Gasteiger partial charge on any atom is 0.407 e. The Balaban J connectivity index is 1.62. The average molecular weight is 444 g/mol. The fourth-order valence-electron chi connectivity index (χ4n) is 3.79. The van der Waals surface area contributed by atoms with Crippen LogP contribution in [0.2, 0.25) is 0 Å². The van der Waals surface area contributed by atoms with Gasteiger partial charge in [-0.3, -0.25) is 9.59 Å². The fourth-order valence-corrected chi connectivity index (χ4v) is 3.79. The molecule has 0 atom stereocenters. The van der Waals surface area contributed by atoms with Gasteiger partial charge < -0.3 is 15.4 Å². The van der Waals surface area contributed by atoms with Crippen LogP contribution in [0.5, 0.6) is 0 Å². The zero-order valence-corrected chi connectivity index (χ0v) is 17.8. The van der Waals surface area contributed by atoms with Crippen molar-refractivity contribution in [1.82, 2.24) is 10.6 Å². The van der Waals surface area contributed by atoms with Gasteiger partial charge >= 0.3 is 6.09 Å². The van der Waals surface area contributed by atoms with Gasteiger partial charge in [0.2, 0.25) is 11.8 Å². The van der Waals surface area contributed by atoms with Crippen molar-refractivity contribution in [3.05, 3.63) is 71.3 Å². The second-order valence-corrected chi connectivity index (χ2v) is 8.04. The van der Waals surface area contributed by atoms with Gasteiger partial charge in [0.15, 0.2) is 5.78 Å². The Labute approximate surface area is 185 Å². The number of halogens is 2. The molecule has 3 rings (SSSR count). The van der Waals surface area contributed by atoms with Crippen LogP contribution in [0.15, 0.2) is 54.6 Å². The molecule has 1 aliphatic carbocycles. The van der Waals surface area contributed by atoms with Crippen LogP contribution in [0.1, 0.15) is 54.1 Å². The third-order valence-electron chi connectivity index (χ3n) is 5.66. The lowest BCUT2D eigenvalue weighted by Gasteiger charge is -2.41. The van der Waals surface area contributed by atoms with E-state index in [1.54, 1.807) is 36.4 Å². The molecular formula is C24H26F2N2O4. The predicted octanol–water partition coefficient (Wildman–Crippen LogP) is 4.34. The number of rotatable bonds is 7. The summed E-state index contributed by atoms with van der Waals surface area (Å²) in [6, 6.07) is 15.7. The summed E-state index contributed by atoms with van der Waals surface area (Å²) in [6.45, 7) is 1.16. The number of ether oxygens (including phenoxy) is 1. The minimum Gasteiger partial charge on any atom is -0.445 e. The van der Waals surface area contributed by atoms with Crippen LogP contribution in [0.3, 0.4) is 0 Å². The van der Waals surface area contributed by atoms with Crippen molar-refractivity contribution < 1.29 is 27.9 Å². The molecule has 0 aliphatic heterocycles. The Morgan fingerprint density at radius 2 is 1.56 bits per heavy atom. The van der Waals surface area contributed by atoms with Crippen LogP contribution in [0.25, 0.3) is 0 Å². The summed E-state index contributed by atoms with van der Waals surface area (Å²) in [7, 11) is 0. The van der Waals surface area contributed by atoms with Crippen LogP contribution in [0.4, 0.5) is 13.6 Å². The van der Waals surface area contributed by atoms with Crippen LogP contribution < -0.4 is 10.6 Å². The highest BCUT2D eigenvalue weighted by Crippen LogP contribution is 2.43. The first-order chi connectivity index (χ1) is 15.2. The number of amides is 2. The molecule has 6 nitrogen and oxygen atoms in total. The fraction of sp³-hybridized carbons (Fsp3) is 0.375. The molecule has 2 aromatic carbocycles. The maximum atomic E-state index is 13.8. The molecule has 1 saturated carbocycles. The number of nitrogens with one attached hydrogen (secondary N) is 2. The van der Waals surface area contributed by atoms with E-state index in [2.05, 4.69) is 10.6 Å². The van der Waals surface area contributed by atoms with Crippen LogP contribution in [-0.2, 0) is 21.7 Å². The van der Waals surface area contributed by atoms with Crippen molar-refractivity contribution in [3.63, 3.8) is 0 Å². The molecule has 0 radical (unpaired) electrons. The van der Waals surface area contributed by atoms with Gasteiger partial charge in [0.25, 0.3) is 0 Å². The van der Waals surface area contributed by atoms with Gasteiger partial charge in [0, 0.05) is 18.4 Å². The second-order valence-electron chi connectivity index (χ2n) is 8.04. The van der Waals surface area contributed by atoms with Crippen molar-refractivity contribution >= 4 is 17.8 Å². The van der Waals surface area contributed by atoms with Gasteiger partial charge in [-0.1, -0.05) is 54.6 Å². The molecule has 170 valence electrons. The van der Waals surface area contributed by atoms with Crippen LogP contribution in [-0.4, -0.2) is 30.3 Å². The highest BCUT2D eigenvalue weighted by atomic mass is 19.3. The third-order valence-corrected chi connectivity index (χ3v) is 5.66. The smallest absolute Gasteiger partial charge is 0.407 e. The number of carbonyl (C=O) groups is 3. The van der Waals surface area contributed by atoms with Gasteiger partial charge in [0.1, 0.15) is 13.2 Å². The number of carbonyl (C=O) groups excluding carboxylic acids is 3.